The number of hydrogen-bond acceptors (Lipinski definition) is 3. The molecule has 0 bridgehead atoms. The van der Waals surface area contributed by atoms with Gasteiger partial charge in [0.15, 0.2) is 0 Å². The fraction of sp³-hybridized carbons (Fsp3) is 0.938. The van der Waals surface area contributed by atoms with E-state index in [9.17, 15) is 9.90 Å². The van der Waals surface area contributed by atoms with E-state index < -0.39 is 5.97 Å². The van der Waals surface area contributed by atoms with E-state index >= 15 is 0 Å². The van der Waals surface area contributed by atoms with Gasteiger partial charge in [-0.2, -0.15) is 0 Å². The van der Waals surface area contributed by atoms with Crippen molar-refractivity contribution in [3.8, 4) is 0 Å². The minimum Gasteiger partial charge on any atom is -0.481 e. The topological polar surface area (TPSA) is 55.8 Å². The van der Waals surface area contributed by atoms with E-state index in [-0.39, 0.29) is 24.2 Å². The van der Waals surface area contributed by atoms with Crippen LogP contribution in [0.25, 0.3) is 0 Å². The summed E-state index contributed by atoms with van der Waals surface area (Å²) in [6.07, 6.45) is 4.19. The summed E-state index contributed by atoms with van der Waals surface area (Å²) in [5.74, 6) is -0.461. The normalized spacial score (nSPS) is 21.8. The van der Waals surface area contributed by atoms with Crippen molar-refractivity contribution >= 4 is 13.1 Å². The molecule has 122 valence electrons. The Balaban J connectivity index is 2.30. The first kappa shape index (κ1) is 18.5. The van der Waals surface area contributed by atoms with Crippen LogP contribution in [0.15, 0.2) is 0 Å². The molecule has 21 heavy (non-hydrogen) atoms. The van der Waals surface area contributed by atoms with Crippen LogP contribution < -0.4 is 0 Å². The van der Waals surface area contributed by atoms with Crippen LogP contribution in [0.1, 0.15) is 67.2 Å². The maximum Gasteiger partial charge on any atom is 0.457 e. The van der Waals surface area contributed by atoms with Gasteiger partial charge in [-0.1, -0.05) is 26.7 Å². The average Bonchev–Trinajstić information content (AvgIpc) is 2.51. The highest BCUT2D eigenvalue weighted by Gasteiger charge is 2.50. The summed E-state index contributed by atoms with van der Waals surface area (Å²) in [5.41, 5.74) is -0.558. The van der Waals surface area contributed by atoms with Crippen LogP contribution >= 0.6 is 0 Å². The predicted molar refractivity (Wildman–Crippen MR) is 85.3 cm³/mol. The molecule has 0 aromatic heterocycles. The van der Waals surface area contributed by atoms with Gasteiger partial charge in [0.25, 0.3) is 0 Å². The summed E-state index contributed by atoms with van der Waals surface area (Å²) in [4.78, 5) is 11.2. The van der Waals surface area contributed by atoms with Gasteiger partial charge < -0.3 is 14.4 Å². The van der Waals surface area contributed by atoms with Gasteiger partial charge in [0, 0.05) is 0 Å². The summed E-state index contributed by atoms with van der Waals surface area (Å²) in [5, 5.41) is 9.22. The number of rotatable bonds is 8. The highest BCUT2D eigenvalue weighted by atomic mass is 16.7. The first-order valence-corrected chi connectivity index (χ1v) is 8.13. The summed E-state index contributed by atoms with van der Waals surface area (Å²) >= 11 is 0. The third kappa shape index (κ3) is 5.30. The zero-order valence-corrected chi connectivity index (χ0v) is 14.4. The lowest BCUT2D eigenvalue weighted by molar-refractivity contribution is -0.142. The first-order chi connectivity index (χ1) is 9.55. The van der Waals surface area contributed by atoms with Crippen molar-refractivity contribution < 1.29 is 19.2 Å². The van der Waals surface area contributed by atoms with Crippen molar-refractivity contribution in [1.82, 2.24) is 0 Å². The molecule has 1 fully saturated rings. The van der Waals surface area contributed by atoms with Crippen LogP contribution in [0.3, 0.4) is 0 Å². The zero-order chi connectivity index (χ0) is 16.3. The molecule has 0 aromatic carbocycles. The lowest BCUT2D eigenvalue weighted by atomic mass is 9.81. The summed E-state index contributed by atoms with van der Waals surface area (Å²) < 4.78 is 11.9. The van der Waals surface area contributed by atoms with Crippen molar-refractivity contribution in [3.63, 3.8) is 0 Å². The number of unbranched alkanes of at least 4 members (excludes halogenated alkanes) is 1. The Morgan fingerprint density at radius 2 is 1.62 bits per heavy atom. The molecule has 0 amide bonds. The van der Waals surface area contributed by atoms with Crippen molar-refractivity contribution in [2.45, 2.75) is 84.7 Å². The van der Waals surface area contributed by atoms with Crippen molar-refractivity contribution in [2.24, 2.45) is 11.8 Å². The van der Waals surface area contributed by atoms with Gasteiger partial charge in [-0.15, -0.1) is 0 Å². The second-order valence-corrected chi connectivity index (χ2v) is 7.64. The highest BCUT2D eigenvalue weighted by Crippen LogP contribution is 2.38. The Kier molecular flexibility index (Phi) is 6.29. The van der Waals surface area contributed by atoms with E-state index in [1.54, 1.807) is 0 Å². The number of carboxylic acids is 1. The molecule has 1 atom stereocenters. The lowest BCUT2D eigenvalue weighted by Crippen LogP contribution is -2.41. The second-order valence-electron chi connectivity index (χ2n) is 7.64. The van der Waals surface area contributed by atoms with E-state index in [2.05, 4.69) is 41.5 Å². The Labute approximate surface area is 129 Å². The lowest BCUT2D eigenvalue weighted by Gasteiger charge is -2.32. The molecule has 1 saturated heterocycles. The number of hydrogen-bond donors (Lipinski definition) is 1. The van der Waals surface area contributed by atoms with Gasteiger partial charge in [-0.05, 0) is 52.8 Å². The van der Waals surface area contributed by atoms with Gasteiger partial charge in [-0.3, -0.25) is 4.79 Å². The minimum absolute atomic E-state index is 0.164. The smallest absolute Gasteiger partial charge is 0.457 e. The maximum absolute atomic E-state index is 11.2. The van der Waals surface area contributed by atoms with Gasteiger partial charge in [0.2, 0.25) is 0 Å². The Morgan fingerprint density at radius 3 is 2.05 bits per heavy atom. The van der Waals surface area contributed by atoms with Gasteiger partial charge in [0.1, 0.15) is 0 Å². The molecular weight excluding hydrogens is 267 g/mol. The molecule has 0 radical (unpaired) electrons. The quantitative estimate of drug-likeness (QED) is 0.543. The second kappa shape index (κ2) is 7.14. The van der Waals surface area contributed by atoms with Gasteiger partial charge in [-0.25, -0.2) is 0 Å². The molecule has 1 aliphatic rings. The van der Waals surface area contributed by atoms with Crippen LogP contribution in [0, 0.1) is 11.8 Å². The van der Waals surface area contributed by atoms with Crippen LogP contribution in [-0.4, -0.2) is 29.4 Å². The number of carbonyl (C=O) groups is 1. The van der Waals surface area contributed by atoms with Crippen LogP contribution in [0.2, 0.25) is 6.32 Å². The third-order valence-corrected chi connectivity index (χ3v) is 4.65. The monoisotopic (exact) mass is 298 g/mol. The minimum atomic E-state index is -0.667. The molecule has 0 saturated carbocycles. The molecule has 4 nitrogen and oxygen atoms in total. The summed E-state index contributed by atoms with van der Waals surface area (Å²) in [6.45, 7) is 12.3. The Bertz CT molecular complexity index is 336. The van der Waals surface area contributed by atoms with Gasteiger partial charge in [0.05, 0.1) is 17.1 Å². The fourth-order valence-electron chi connectivity index (χ4n) is 2.70. The molecule has 0 aromatic rings. The molecule has 5 heteroatoms. The summed E-state index contributed by atoms with van der Waals surface area (Å²) in [7, 11) is -0.164. The van der Waals surface area contributed by atoms with Crippen LogP contribution in [0.4, 0.5) is 0 Å². The van der Waals surface area contributed by atoms with E-state index in [1.165, 1.54) is 0 Å². The number of carboxylic acid groups (broad SMARTS) is 1. The first-order valence-electron chi connectivity index (χ1n) is 8.13. The molecule has 1 N–H and O–H groups in total. The predicted octanol–water partition coefficient (Wildman–Crippen LogP) is 4.00. The Morgan fingerprint density at radius 1 is 1.10 bits per heavy atom. The van der Waals surface area contributed by atoms with E-state index in [0.29, 0.717) is 5.92 Å². The standard InChI is InChI=1S/C16H31BO4/c1-12(2)11-13(14(18)19)9-7-8-10-17-20-15(3,4)16(5,6)21-17/h12-13H,7-11H2,1-6H3,(H,18,19). The molecule has 1 heterocycles. The van der Waals surface area contributed by atoms with E-state index in [0.717, 1.165) is 32.0 Å². The fourth-order valence-corrected chi connectivity index (χ4v) is 2.70. The van der Waals surface area contributed by atoms with Gasteiger partial charge >= 0.3 is 13.1 Å². The number of aliphatic carboxylic acids is 1. The zero-order valence-electron chi connectivity index (χ0n) is 14.4. The van der Waals surface area contributed by atoms with Crippen molar-refractivity contribution in [1.29, 1.82) is 0 Å². The molecule has 1 aliphatic heterocycles. The summed E-state index contributed by atoms with van der Waals surface area (Å²) in [6, 6.07) is 0. The largest absolute Gasteiger partial charge is 0.481 e. The molecule has 0 spiro atoms. The Hall–Kier alpha value is -0.545. The van der Waals surface area contributed by atoms with Crippen LogP contribution in [-0.2, 0) is 14.1 Å². The van der Waals surface area contributed by atoms with E-state index in [1.807, 2.05) is 0 Å². The van der Waals surface area contributed by atoms with Crippen molar-refractivity contribution in [2.75, 3.05) is 0 Å². The molecule has 1 unspecified atom stereocenters. The molecule has 0 aliphatic carbocycles. The van der Waals surface area contributed by atoms with E-state index in [4.69, 9.17) is 9.31 Å². The SMILES string of the molecule is CC(C)CC(CCCCB1OC(C)(C)C(C)(C)O1)C(=O)O. The third-order valence-electron chi connectivity index (χ3n) is 4.65. The highest BCUT2D eigenvalue weighted by molar-refractivity contribution is 6.45. The molecular formula is C16H31BO4. The maximum atomic E-state index is 11.2. The average molecular weight is 298 g/mol. The van der Waals surface area contributed by atoms with Crippen molar-refractivity contribution in [3.05, 3.63) is 0 Å². The van der Waals surface area contributed by atoms with Crippen LogP contribution in [0.5, 0.6) is 0 Å². The molecule has 1 rings (SSSR count).